The Morgan fingerprint density at radius 2 is 1.96 bits per heavy atom. The van der Waals surface area contributed by atoms with Crippen molar-refractivity contribution in [1.29, 1.82) is 0 Å². The molecular weight excluding hydrogens is 293 g/mol. The second kappa shape index (κ2) is 8.51. The number of carbonyl (C=O) groups excluding carboxylic acids is 1. The van der Waals surface area contributed by atoms with E-state index < -0.39 is 0 Å². The Bertz CT molecular complexity index is 560. The van der Waals surface area contributed by atoms with Gasteiger partial charge in [-0.2, -0.15) is 0 Å². The molecule has 1 aromatic carbocycles. The maximum absolute atomic E-state index is 13.0. The largest absolute Gasteiger partial charge is 0.444 e. The van der Waals surface area contributed by atoms with E-state index >= 15 is 0 Å². The van der Waals surface area contributed by atoms with Crippen LogP contribution < -0.4 is 5.32 Å². The van der Waals surface area contributed by atoms with Crippen molar-refractivity contribution in [3.63, 3.8) is 0 Å². The lowest BCUT2D eigenvalue weighted by atomic mass is 9.77. The van der Waals surface area contributed by atoms with E-state index in [1.54, 1.807) is 0 Å². The molecule has 0 radical (unpaired) electrons. The minimum atomic E-state index is -0.281. The van der Waals surface area contributed by atoms with Gasteiger partial charge in [0.1, 0.15) is 12.1 Å². The van der Waals surface area contributed by atoms with Gasteiger partial charge in [0.05, 0.1) is 0 Å². The number of allylic oxidation sites excluding steroid dienone is 1. The van der Waals surface area contributed by atoms with E-state index in [9.17, 15) is 9.18 Å². The molecule has 0 spiro atoms. The summed E-state index contributed by atoms with van der Waals surface area (Å²) in [4.78, 5) is 10.9. The monoisotopic (exact) mass is 317 g/mol. The highest BCUT2D eigenvalue weighted by Crippen LogP contribution is 2.38. The topological polar surface area (TPSA) is 38.3 Å². The molecule has 4 heteroatoms. The lowest BCUT2D eigenvalue weighted by molar-refractivity contribution is -0.119. The first-order valence-corrected chi connectivity index (χ1v) is 8.07. The lowest BCUT2D eigenvalue weighted by Crippen LogP contribution is -2.21. The summed E-state index contributed by atoms with van der Waals surface area (Å²) < 4.78 is 18.3. The number of nitrogens with one attached hydrogen (secondary N) is 1. The summed E-state index contributed by atoms with van der Waals surface area (Å²) in [5, 5.41) is 2.41. The van der Waals surface area contributed by atoms with Crippen molar-refractivity contribution in [2.75, 3.05) is 0 Å². The van der Waals surface area contributed by atoms with E-state index in [0.717, 1.165) is 25.7 Å². The molecule has 0 bridgehead atoms. The third-order valence-corrected chi connectivity index (χ3v) is 4.30. The number of ether oxygens (including phenoxy) is 1. The van der Waals surface area contributed by atoms with Gasteiger partial charge >= 0.3 is 0 Å². The van der Waals surface area contributed by atoms with Crippen LogP contribution in [-0.2, 0) is 9.53 Å². The van der Waals surface area contributed by atoms with Gasteiger partial charge in [-0.3, -0.25) is 10.1 Å². The number of hydrogen-bond donors (Lipinski definition) is 1. The predicted octanol–water partition coefficient (Wildman–Crippen LogP) is 4.79. The Labute approximate surface area is 137 Å². The zero-order valence-electron chi connectivity index (χ0n) is 13.6. The lowest BCUT2D eigenvalue weighted by Gasteiger charge is -2.29. The average Bonchev–Trinajstić information content (AvgIpc) is 2.55. The van der Waals surface area contributed by atoms with Gasteiger partial charge in [-0.25, -0.2) is 4.39 Å². The van der Waals surface area contributed by atoms with E-state index in [-0.39, 0.29) is 17.5 Å². The van der Waals surface area contributed by atoms with Crippen LogP contribution in [0, 0.1) is 5.92 Å². The zero-order chi connectivity index (χ0) is 16.7. The van der Waals surface area contributed by atoms with Gasteiger partial charge in [-0.05, 0) is 49.7 Å². The standard InChI is InChI=1S/C19H24FNO2/c1-14(22)21-15(2)23-19(13-20)12-16-8-10-18(11-9-16)17-6-4-3-5-7-17/h3-7,13,16,18H,2,8-12H2,1H3,(H,21,22)/b19-13-. The Morgan fingerprint density at radius 3 is 2.52 bits per heavy atom. The molecule has 0 aliphatic heterocycles. The van der Waals surface area contributed by atoms with Gasteiger partial charge < -0.3 is 4.74 Å². The fourth-order valence-corrected chi connectivity index (χ4v) is 3.20. The molecule has 1 aliphatic carbocycles. The Kier molecular flexibility index (Phi) is 6.39. The number of hydrogen-bond acceptors (Lipinski definition) is 2. The number of benzene rings is 1. The average molecular weight is 317 g/mol. The SMILES string of the molecule is C=C(NC(C)=O)O/C(=C\F)CC1CCC(c2ccccc2)CC1. The van der Waals surface area contributed by atoms with Crippen molar-refractivity contribution >= 4 is 5.91 Å². The van der Waals surface area contributed by atoms with E-state index in [1.165, 1.54) is 12.5 Å². The van der Waals surface area contributed by atoms with Gasteiger partial charge in [0.25, 0.3) is 0 Å². The summed E-state index contributed by atoms with van der Waals surface area (Å²) in [6, 6.07) is 10.5. The van der Waals surface area contributed by atoms with Crippen LogP contribution in [0.2, 0.25) is 0 Å². The Balaban J connectivity index is 1.81. The summed E-state index contributed by atoms with van der Waals surface area (Å²) in [7, 11) is 0. The Morgan fingerprint density at radius 1 is 1.30 bits per heavy atom. The summed E-state index contributed by atoms with van der Waals surface area (Å²) in [6.07, 6.45) is 5.33. The van der Waals surface area contributed by atoms with Crippen molar-refractivity contribution in [2.24, 2.45) is 5.92 Å². The van der Waals surface area contributed by atoms with Crippen molar-refractivity contribution < 1.29 is 13.9 Å². The molecule has 2 rings (SSSR count). The molecular formula is C19H24FNO2. The van der Waals surface area contributed by atoms with Crippen LogP contribution in [0.5, 0.6) is 0 Å². The second-order valence-corrected chi connectivity index (χ2v) is 6.11. The highest BCUT2D eigenvalue weighted by molar-refractivity contribution is 5.74. The summed E-state index contributed by atoms with van der Waals surface area (Å²) in [5.74, 6) is 1.02. The number of amides is 1. The first-order valence-electron chi connectivity index (χ1n) is 8.07. The second-order valence-electron chi connectivity index (χ2n) is 6.11. The third-order valence-electron chi connectivity index (χ3n) is 4.30. The van der Waals surface area contributed by atoms with Crippen molar-refractivity contribution in [1.82, 2.24) is 5.32 Å². The minimum Gasteiger partial charge on any atom is -0.444 e. The molecule has 0 heterocycles. The molecule has 1 aliphatic rings. The molecule has 1 saturated carbocycles. The molecule has 1 N–H and O–H groups in total. The Hall–Kier alpha value is -2.10. The van der Waals surface area contributed by atoms with E-state index in [2.05, 4.69) is 36.2 Å². The molecule has 124 valence electrons. The van der Waals surface area contributed by atoms with Crippen LogP contribution in [0.15, 0.2) is 54.9 Å². The van der Waals surface area contributed by atoms with Crippen molar-refractivity contribution in [3.05, 3.63) is 60.4 Å². The number of halogens is 1. The zero-order valence-corrected chi connectivity index (χ0v) is 13.6. The first kappa shape index (κ1) is 17.3. The van der Waals surface area contributed by atoms with Crippen LogP contribution >= 0.6 is 0 Å². The minimum absolute atomic E-state index is 0.0689. The number of rotatable bonds is 6. The fraction of sp³-hybridized carbons (Fsp3) is 0.421. The van der Waals surface area contributed by atoms with Crippen molar-refractivity contribution in [3.8, 4) is 0 Å². The van der Waals surface area contributed by atoms with E-state index in [4.69, 9.17) is 4.74 Å². The molecule has 1 amide bonds. The van der Waals surface area contributed by atoms with Crippen molar-refractivity contribution in [2.45, 2.75) is 44.9 Å². The molecule has 0 atom stereocenters. The maximum Gasteiger partial charge on any atom is 0.223 e. The quantitative estimate of drug-likeness (QED) is 0.766. The molecule has 1 aromatic rings. The molecule has 0 unspecified atom stereocenters. The maximum atomic E-state index is 13.0. The third kappa shape index (κ3) is 5.55. The van der Waals surface area contributed by atoms with Crippen LogP contribution in [-0.4, -0.2) is 5.91 Å². The molecule has 0 saturated heterocycles. The highest BCUT2D eigenvalue weighted by atomic mass is 19.1. The van der Waals surface area contributed by atoms with Gasteiger partial charge in [0.2, 0.25) is 5.91 Å². The van der Waals surface area contributed by atoms with Gasteiger partial charge in [-0.15, -0.1) is 0 Å². The normalized spacial score (nSPS) is 21.6. The van der Waals surface area contributed by atoms with Gasteiger partial charge in [0.15, 0.2) is 5.88 Å². The summed E-state index contributed by atoms with van der Waals surface area (Å²) >= 11 is 0. The summed E-state index contributed by atoms with van der Waals surface area (Å²) in [5.41, 5.74) is 1.39. The number of carbonyl (C=O) groups is 1. The molecule has 1 fully saturated rings. The van der Waals surface area contributed by atoms with Crippen LogP contribution in [0.4, 0.5) is 4.39 Å². The molecule has 0 aromatic heterocycles. The highest BCUT2D eigenvalue weighted by Gasteiger charge is 2.23. The van der Waals surface area contributed by atoms with Crippen LogP contribution in [0.3, 0.4) is 0 Å². The smallest absolute Gasteiger partial charge is 0.223 e. The molecule has 3 nitrogen and oxygen atoms in total. The summed E-state index contributed by atoms with van der Waals surface area (Å²) in [6.45, 7) is 4.93. The van der Waals surface area contributed by atoms with Gasteiger partial charge in [0, 0.05) is 13.3 Å². The van der Waals surface area contributed by atoms with Gasteiger partial charge in [-0.1, -0.05) is 30.3 Å². The van der Waals surface area contributed by atoms with E-state index in [0.29, 0.717) is 24.6 Å². The first-order chi connectivity index (χ1) is 11.1. The molecule has 23 heavy (non-hydrogen) atoms. The predicted molar refractivity (Wildman–Crippen MR) is 89.0 cm³/mol. The van der Waals surface area contributed by atoms with Crippen LogP contribution in [0.25, 0.3) is 0 Å². The van der Waals surface area contributed by atoms with E-state index in [1.807, 2.05) is 6.07 Å². The fourth-order valence-electron chi connectivity index (χ4n) is 3.20. The van der Waals surface area contributed by atoms with Crippen LogP contribution in [0.1, 0.15) is 50.5 Å².